The number of aromatic nitrogens is 2. The van der Waals surface area contributed by atoms with Crippen LogP contribution in [0.4, 0.5) is 26.3 Å². The summed E-state index contributed by atoms with van der Waals surface area (Å²) in [6, 6.07) is 1.55. The van der Waals surface area contributed by atoms with Gasteiger partial charge < -0.3 is 0 Å². The van der Waals surface area contributed by atoms with Gasteiger partial charge in [0.25, 0.3) is 5.56 Å². The molecule has 0 aliphatic heterocycles. The van der Waals surface area contributed by atoms with Crippen LogP contribution < -0.4 is 5.56 Å². The Kier molecular flexibility index (Phi) is 4.68. The van der Waals surface area contributed by atoms with E-state index in [0.29, 0.717) is 17.0 Å². The fraction of sp³-hybridized carbons (Fsp3) is 0.167. The molecule has 1 aromatic heterocycles. The average Bonchev–Trinajstić information content (AvgIpc) is 2.37. The maximum atomic E-state index is 12.7. The quantitative estimate of drug-likeness (QED) is 0.456. The van der Waals surface area contributed by atoms with Crippen molar-refractivity contribution in [1.82, 2.24) is 9.55 Å². The van der Waals surface area contributed by atoms with Crippen molar-refractivity contribution in [2.24, 2.45) is 0 Å². The van der Waals surface area contributed by atoms with Crippen molar-refractivity contribution in [3.05, 3.63) is 54.7 Å². The van der Waals surface area contributed by atoms with E-state index >= 15 is 0 Å². The SMILES string of the molecule is O=c1cc(C(F)(F)F)ncn1-c1c(Cl)cc(C(F)(F)F)cc1I. The molecule has 0 aliphatic carbocycles. The number of benzene rings is 1. The summed E-state index contributed by atoms with van der Waals surface area (Å²) in [5, 5.41) is -0.437. The monoisotopic (exact) mass is 468 g/mol. The zero-order valence-electron chi connectivity index (χ0n) is 10.6. The van der Waals surface area contributed by atoms with Gasteiger partial charge >= 0.3 is 12.4 Å². The van der Waals surface area contributed by atoms with E-state index in [-0.39, 0.29) is 15.3 Å². The number of halogens is 8. The fourth-order valence-corrected chi connectivity index (χ4v) is 3.04. The Morgan fingerprint density at radius 3 is 2.09 bits per heavy atom. The first-order valence-corrected chi connectivity index (χ1v) is 7.09. The van der Waals surface area contributed by atoms with Crippen LogP contribution in [0, 0.1) is 3.57 Å². The first-order chi connectivity index (χ1) is 10.4. The molecule has 0 unspecified atom stereocenters. The number of rotatable bonds is 1. The van der Waals surface area contributed by atoms with Gasteiger partial charge in [-0.1, -0.05) is 11.6 Å². The van der Waals surface area contributed by atoms with Gasteiger partial charge in [-0.25, -0.2) is 4.98 Å². The highest BCUT2D eigenvalue weighted by molar-refractivity contribution is 14.1. The second-order valence-electron chi connectivity index (χ2n) is 4.27. The zero-order valence-corrected chi connectivity index (χ0v) is 13.5. The molecule has 2 aromatic rings. The Morgan fingerprint density at radius 2 is 1.65 bits per heavy atom. The topological polar surface area (TPSA) is 34.9 Å². The largest absolute Gasteiger partial charge is 0.433 e. The van der Waals surface area contributed by atoms with E-state index in [1.165, 1.54) is 22.6 Å². The molecule has 1 aromatic carbocycles. The minimum atomic E-state index is -4.81. The summed E-state index contributed by atoms with van der Waals surface area (Å²) in [4.78, 5) is 14.9. The Bertz CT molecular complexity index is 791. The minimum absolute atomic E-state index is 0.0638. The predicted octanol–water partition coefficient (Wildman–Crippen LogP) is 4.53. The van der Waals surface area contributed by atoms with E-state index in [4.69, 9.17) is 11.6 Å². The summed E-state index contributed by atoms with van der Waals surface area (Å²) in [5.41, 5.74) is -3.74. The van der Waals surface area contributed by atoms with E-state index in [0.717, 1.165) is 6.07 Å². The zero-order chi connectivity index (χ0) is 17.6. The van der Waals surface area contributed by atoms with E-state index in [1.807, 2.05) is 0 Å². The third-order valence-electron chi connectivity index (χ3n) is 2.69. The van der Waals surface area contributed by atoms with Crippen LogP contribution >= 0.6 is 34.2 Å². The summed E-state index contributed by atoms with van der Waals surface area (Å²) in [6.07, 6.45) is -8.89. The summed E-state index contributed by atoms with van der Waals surface area (Å²) in [7, 11) is 0. The van der Waals surface area contributed by atoms with Crippen molar-refractivity contribution >= 4 is 34.2 Å². The number of alkyl halides is 6. The molecule has 0 amide bonds. The molecule has 124 valence electrons. The van der Waals surface area contributed by atoms with Gasteiger partial charge in [-0.3, -0.25) is 9.36 Å². The van der Waals surface area contributed by atoms with Crippen LogP contribution in [-0.4, -0.2) is 9.55 Å². The molecule has 23 heavy (non-hydrogen) atoms. The lowest BCUT2D eigenvalue weighted by Crippen LogP contribution is -2.23. The van der Waals surface area contributed by atoms with Crippen LogP contribution in [0.25, 0.3) is 5.69 Å². The highest BCUT2D eigenvalue weighted by atomic mass is 127. The van der Waals surface area contributed by atoms with Crippen molar-refractivity contribution in [1.29, 1.82) is 0 Å². The molecule has 0 saturated carbocycles. The Labute approximate surface area is 143 Å². The molecule has 0 fully saturated rings. The smallest absolute Gasteiger partial charge is 0.269 e. The van der Waals surface area contributed by atoms with E-state index < -0.39 is 34.2 Å². The van der Waals surface area contributed by atoms with Crippen LogP contribution in [0.1, 0.15) is 11.3 Å². The number of hydrogen-bond donors (Lipinski definition) is 0. The van der Waals surface area contributed by atoms with E-state index in [1.54, 1.807) is 0 Å². The Balaban J connectivity index is 2.62. The van der Waals surface area contributed by atoms with Gasteiger partial charge in [0.1, 0.15) is 6.33 Å². The highest BCUT2D eigenvalue weighted by Gasteiger charge is 2.34. The van der Waals surface area contributed by atoms with Gasteiger partial charge in [-0.2, -0.15) is 26.3 Å². The fourth-order valence-electron chi connectivity index (χ4n) is 1.68. The molecule has 0 radical (unpaired) electrons. The van der Waals surface area contributed by atoms with Crippen molar-refractivity contribution in [2.75, 3.05) is 0 Å². The van der Waals surface area contributed by atoms with Gasteiger partial charge in [0.2, 0.25) is 0 Å². The summed E-state index contributed by atoms with van der Waals surface area (Å²) < 4.78 is 76.1. The molecule has 0 atom stereocenters. The molecule has 11 heteroatoms. The third-order valence-corrected chi connectivity index (χ3v) is 3.80. The molecular formula is C12H4ClF6IN2O. The molecule has 0 aliphatic rings. The lowest BCUT2D eigenvalue weighted by Gasteiger charge is -2.14. The normalized spacial score (nSPS) is 12.5. The standard InChI is InChI=1S/C12H4ClF6IN2O/c13-6-1-5(11(14,15)16)2-7(20)10(6)22-4-21-8(3-9(22)23)12(17,18)19/h1-4H. The first kappa shape index (κ1) is 18.0. The van der Waals surface area contributed by atoms with Crippen LogP contribution in [-0.2, 0) is 12.4 Å². The lowest BCUT2D eigenvalue weighted by atomic mass is 10.2. The van der Waals surface area contributed by atoms with Crippen molar-refractivity contribution in [3.8, 4) is 5.69 Å². The maximum Gasteiger partial charge on any atom is 0.433 e. The van der Waals surface area contributed by atoms with Crippen molar-refractivity contribution in [3.63, 3.8) is 0 Å². The molecule has 0 bridgehead atoms. The van der Waals surface area contributed by atoms with E-state index in [9.17, 15) is 31.1 Å². The predicted molar refractivity (Wildman–Crippen MR) is 77.6 cm³/mol. The Hall–Kier alpha value is -1.30. The maximum absolute atomic E-state index is 12.7. The molecule has 0 spiro atoms. The van der Waals surface area contributed by atoms with Crippen LogP contribution in [0.5, 0.6) is 0 Å². The van der Waals surface area contributed by atoms with Crippen LogP contribution in [0.2, 0.25) is 5.02 Å². The third kappa shape index (κ3) is 3.79. The van der Waals surface area contributed by atoms with Gasteiger partial charge in [0, 0.05) is 9.64 Å². The molecular weight excluding hydrogens is 464 g/mol. The Morgan fingerprint density at radius 1 is 1.04 bits per heavy atom. The summed E-state index contributed by atoms with van der Waals surface area (Å²) >= 11 is 7.26. The molecule has 2 rings (SSSR count). The number of nitrogens with zero attached hydrogens (tertiary/aromatic N) is 2. The van der Waals surface area contributed by atoms with Gasteiger partial charge in [-0.15, -0.1) is 0 Å². The van der Waals surface area contributed by atoms with Gasteiger partial charge in [0.05, 0.1) is 16.3 Å². The van der Waals surface area contributed by atoms with Crippen LogP contribution in [0.15, 0.2) is 29.3 Å². The number of hydrogen-bond acceptors (Lipinski definition) is 2. The lowest BCUT2D eigenvalue weighted by molar-refractivity contribution is -0.141. The first-order valence-electron chi connectivity index (χ1n) is 5.64. The molecule has 0 saturated heterocycles. The molecule has 0 N–H and O–H groups in total. The van der Waals surface area contributed by atoms with Gasteiger partial charge in [0.15, 0.2) is 5.69 Å². The van der Waals surface area contributed by atoms with E-state index in [2.05, 4.69) is 4.98 Å². The summed E-state index contributed by atoms with van der Waals surface area (Å²) in [5.74, 6) is 0. The van der Waals surface area contributed by atoms with Crippen molar-refractivity contribution < 1.29 is 26.3 Å². The van der Waals surface area contributed by atoms with Gasteiger partial charge in [-0.05, 0) is 34.7 Å². The second kappa shape index (κ2) is 5.96. The highest BCUT2D eigenvalue weighted by Crippen LogP contribution is 2.35. The summed E-state index contributed by atoms with van der Waals surface area (Å²) in [6.45, 7) is 0. The van der Waals surface area contributed by atoms with Crippen LogP contribution in [0.3, 0.4) is 0 Å². The molecule has 3 nitrogen and oxygen atoms in total. The minimum Gasteiger partial charge on any atom is -0.269 e. The molecule has 1 heterocycles. The second-order valence-corrected chi connectivity index (χ2v) is 5.84. The average molecular weight is 469 g/mol. The van der Waals surface area contributed by atoms with Crippen molar-refractivity contribution in [2.45, 2.75) is 12.4 Å².